The van der Waals surface area contributed by atoms with Gasteiger partial charge in [-0.05, 0) is 43.6 Å². The molecule has 2 heteroatoms. The Morgan fingerprint density at radius 2 is 2.25 bits per heavy atom. The highest BCUT2D eigenvalue weighted by Crippen LogP contribution is 2.53. The molecular formula is C10H14N2. The molecule has 1 fully saturated rings. The van der Waals surface area contributed by atoms with E-state index in [0.29, 0.717) is 0 Å². The molecule has 0 saturated heterocycles. The predicted octanol–water partition coefficient (Wildman–Crippen LogP) is 1.92. The van der Waals surface area contributed by atoms with Crippen molar-refractivity contribution in [1.82, 2.24) is 9.78 Å². The van der Waals surface area contributed by atoms with Gasteiger partial charge in [-0.2, -0.15) is 5.10 Å². The lowest BCUT2D eigenvalue weighted by Crippen LogP contribution is -2.21. The van der Waals surface area contributed by atoms with Gasteiger partial charge in [-0.25, -0.2) is 0 Å². The minimum Gasteiger partial charge on any atom is -0.269 e. The molecule has 2 heterocycles. The van der Waals surface area contributed by atoms with Gasteiger partial charge in [0.2, 0.25) is 0 Å². The van der Waals surface area contributed by atoms with Crippen molar-refractivity contribution in [2.24, 2.45) is 5.41 Å². The zero-order valence-corrected chi connectivity index (χ0v) is 7.51. The molecule has 2 aliphatic rings. The van der Waals surface area contributed by atoms with Gasteiger partial charge in [0.1, 0.15) is 0 Å². The van der Waals surface area contributed by atoms with E-state index in [1.165, 1.54) is 36.9 Å². The molecule has 1 aliphatic carbocycles. The molecule has 0 bridgehead atoms. The van der Waals surface area contributed by atoms with E-state index in [9.17, 15) is 0 Å². The maximum Gasteiger partial charge on any atom is 0.0521 e. The van der Waals surface area contributed by atoms with Crippen LogP contribution in [0.5, 0.6) is 0 Å². The summed E-state index contributed by atoms with van der Waals surface area (Å²) < 4.78 is 2.19. The highest BCUT2D eigenvalue weighted by atomic mass is 15.3. The van der Waals surface area contributed by atoms with Crippen molar-refractivity contribution in [1.29, 1.82) is 0 Å². The number of rotatable bonds is 0. The molecule has 3 rings (SSSR count). The molecule has 2 nitrogen and oxygen atoms in total. The van der Waals surface area contributed by atoms with Gasteiger partial charge in [0.25, 0.3) is 0 Å². The molecule has 0 atom stereocenters. The fourth-order valence-corrected chi connectivity index (χ4v) is 2.32. The van der Waals surface area contributed by atoms with Crippen LogP contribution in [0.4, 0.5) is 0 Å². The molecule has 1 saturated carbocycles. The van der Waals surface area contributed by atoms with E-state index in [-0.39, 0.29) is 0 Å². The second-order valence-corrected chi connectivity index (χ2v) is 4.42. The number of hydrogen-bond acceptors (Lipinski definition) is 1. The van der Waals surface area contributed by atoms with Crippen molar-refractivity contribution in [3.8, 4) is 0 Å². The van der Waals surface area contributed by atoms with Gasteiger partial charge in [-0.15, -0.1) is 0 Å². The molecule has 64 valence electrons. The van der Waals surface area contributed by atoms with Crippen molar-refractivity contribution in [3.63, 3.8) is 0 Å². The van der Waals surface area contributed by atoms with E-state index in [1.54, 1.807) is 0 Å². The lowest BCUT2D eigenvalue weighted by molar-refractivity contribution is 0.347. The van der Waals surface area contributed by atoms with Gasteiger partial charge in [0.15, 0.2) is 0 Å². The smallest absolute Gasteiger partial charge is 0.0521 e. The second-order valence-electron chi connectivity index (χ2n) is 4.42. The van der Waals surface area contributed by atoms with Crippen LogP contribution in [0.3, 0.4) is 0 Å². The van der Waals surface area contributed by atoms with Crippen LogP contribution >= 0.6 is 0 Å². The summed E-state index contributed by atoms with van der Waals surface area (Å²) in [5.41, 5.74) is 3.61. The Balaban J connectivity index is 2.04. The first-order chi connectivity index (χ1) is 5.79. The fraction of sp³-hybridized carbons (Fsp3) is 0.700. The van der Waals surface area contributed by atoms with Crippen LogP contribution in [0, 0.1) is 12.3 Å². The summed E-state index contributed by atoms with van der Waals surface area (Å²) in [5.74, 6) is 0. The number of aryl methyl sites for hydroxylation is 2. The van der Waals surface area contributed by atoms with Gasteiger partial charge < -0.3 is 0 Å². The van der Waals surface area contributed by atoms with E-state index in [2.05, 4.69) is 16.7 Å². The zero-order chi connectivity index (χ0) is 8.18. The molecule has 0 unspecified atom stereocenters. The van der Waals surface area contributed by atoms with Gasteiger partial charge in [0, 0.05) is 12.2 Å². The van der Waals surface area contributed by atoms with Gasteiger partial charge in [-0.3, -0.25) is 4.68 Å². The number of nitrogens with zero attached hydrogens (tertiary/aromatic N) is 2. The van der Waals surface area contributed by atoms with Gasteiger partial charge in [-0.1, -0.05) is 0 Å². The largest absolute Gasteiger partial charge is 0.269 e. The van der Waals surface area contributed by atoms with Crippen LogP contribution in [-0.4, -0.2) is 9.78 Å². The molecule has 1 aliphatic heterocycles. The summed E-state index contributed by atoms with van der Waals surface area (Å²) in [6, 6.07) is 0. The third-order valence-corrected chi connectivity index (χ3v) is 3.51. The third kappa shape index (κ3) is 0.780. The SMILES string of the molecule is Cc1cnn2c1CC1(CC2)CC1. The molecule has 1 spiro atoms. The maximum absolute atomic E-state index is 4.37. The highest BCUT2D eigenvalue weighted by Gasteiger charge is 2.45. The molecule has 12 heavy (non-hydrogen) atoms. The molecular weight excluding hydrogens is 148 g/mol. The van der Waals surface area contributed by atoms with Crippen LogP contribution in [0.15, 0.2) is 6.20 Å². The summed E-state index contributed by atoms with van der Waals surface area (Å²) in [5, 5.41) is 4.37. The monoisotopic (exact) mass is 162 g/mol. The Labute approximate surface area is 72.6 Å². The summed E-state index contributed by atoms with van der Waals surface area (Å²) in [7, 11) is 0. The minimum absolute atomic E-state index is 0.723. The van der Waals surface area contributed by atoms with Crippen molar-refractivity contribution >= 4 is 0 Å². The molecule has 0 aromatic carbocycles. The first kappa shape index (κ1) is 6.70. The van der Waals surface area contributed by atoms with Crippen LogP contribution in [0.25, 0.3) is 0 Å². The number of fused-ring (bicyclic) bond motifs is 1. The molecule has 0 amide bonds. The molecule has 0 N–H and O–H groups in total. The topological polar surface area (TPSA) is 17.8 Å². The van der Waals surface area contributed by atoms with E-state index in [1.807, 2.05) is 6.20 Å². The van der Waals surface area contributed by atoms with E-state index in [4.69, 9.17) is 0 Å². The Bertz CT molecular complexity index is 321. The number of aromatic nitrogens is 2. The minimum atomic E-state index is 0.723. The summed E-state index contributed by atoms with van der Waals surface area (Å²) in [6.45, 7) is 3.34. The summed E-state index contributed by atoms with van der Waals surface area (Å²) >= 11 is 0. The number of hydrogen-bond donors (Lipinski definition) is 0. The molecule has 1 aromatic heterocycles. The lowest BCUT2D eigenvalue weighted by Gasteiger charge is -2.23. The predicted molar refractivity (Wildman–Crippen MR) is 47.0 cm³/mol. The van der Waals surface area contributed by atoms with E-state index >= 15 is 0 Å². The average Bonchev–Trinajstić information content (AvgIpc) is 2.73. The summed E-state index contributed by atoms with van der Waals surface area (Å²) in [6.07, 6.45) is 7.58. The standard InChI is InChI=1S/C10H14N2/c1-8-7-11-12-5-4-10(2-3-10)6-9(8)12/h7H,2-6H2,1H3. The quantitative estimate of drug-likeness (QED) is 0.570. The van der Waals surface area contributed by atoms with Gasteiger partial charge >= 0.3 is 0 Å². The van der Waals surface area contributed by atoms with Crippen LogP contribution in [0.2, 0.25) is 0 Å². The Hall–Kier alpha value is -0.790. The lowest BCUT2D eigenvalue weighted by atomic mass is 9.92. The maximum atomic E-state index is 4.37. The summed E-state index contributed by atoms with van der Waals surface area (Å²) in [4.78, 5) is 0. The fourth-order valence-electron chi connectivity index (χ4n) is 2.32. The van der Waals surface area contributed by atoms with Crippen LogP contribution in [-0.2, 0) is 13.0 Å². The van der Waals surface area contributed by atoms with Crippen molar-refractivity contribution in [2.75, 3.05) is 0 Å². The Morgan fingerprint density at radius 1 is 1.42 bits per heavy atom. The van der Waals surface area contributed by atoms with Gasteiger partial charge in [0.05, 0.1) is 6.20 Å². The zero-order valence-electron chi connectivity index (χ0n) is 7.51. The van der Waals surface area contributed by atoms with Crippen molar-refractivity contribution in [2.45, 2.75) is 39.2 Å². The highest BCUT2D eigenvalue weighted by molar-refractivity contribution is 5.21. The van der Waals surface area contributed by atoms with E-state index in [0.717, 1.165) is 12.0 Å². The first-order valence-electron chi connectivity index (χ1n) is 4.80. The van der Waals surface area contributed by atoms with Crippen LogP contribution < -0.4 is 0 Å². The van der Waals surface area contributed by atoms with E-state index < -0.39 is 0 Å². The average molecular weight is 162 g/mol. The van der Waals surface area contributed by atoms with Crippen LogP contribution in [0.1, 0.15) is 30.5 Å². The first-order valence-corrected chi connectivity index (χ1v) is 4.80. The normalized spacial score (nSPS) is 24.1. The Morgan fingerprint density at radius 3 is 3.00 bits per heavy atom. The van der Waals surface area contributed by atoms with Crippen molar-refractivity contribution in [3.05, 3.63) is 17.5 Å². The molecule has 1 aromatic rings. The third-order valence-electron chi connectivity index (χ3n) is 3.51. The second kappa shape index (κ2) is 1.93. The Kier molecular flexibility index (Phi) is 1.07. The van der Waals surface area contributed by atoms with Crippen molar-refractivity contribution < 1.29 is 0 Å². The molecule has 0 radical (unpaired) electrons.